The van der Waals surface area contributed by atoms with E-state index in [1.165, 1.54) is 81.6 Å². The minimum absolute atomic E-state index is 0.0269. The molecule has 0 amide bonds. The zero-order chi connectivity index (χ0) is 43.6. The molecule has 10 aliphatic rings. The van der Waals surface area contributed by atoms with Crippen molar-refractivity contribution >= 4 is 11.4 Å². The molecule has 66 heavy (non-hydrogen) atoms. The highest BCUT2D eigenvalue weighted by molar-refractivity contribution is 6.00. The summed E-state index contributed by atoms with van der Waals surface area (Å²) >= 11 is 0. The summed E-state index contributed by atoms with van der Waals surface area (Å²) in [5.74, 6) is 3.16. The van der Waals surface area contributed by atoms with Gasteiger partial charge in [-0.1, -0.05) is 164 Å². The molecule has 0 bridgehead atoms. The van der Waals surface area contributed by atoms with Crippen LogP contribution in [0.15, 0.2) is 225 Å². The second kappa shape index (κ2) is 16.8. The molecule has 5 nitrogen and oxygen atoms in total. The van der Waals surface area contributed by atoms with Crippen molar-refractivity contribution in [2.45, 2.75) is 94.7 Å². The molecule has 3 aromatic rings. The maximum atomic E-state index is 7.09. The number of fused-ring (bicyclic) bond motifs is 5. The largest absolute Gasteiger partial charge is 0.485 e. The molecule has 0 saturated carbocycles. The van der Waals surface area contributed by atoms with E-state index in [9.17, 15) is 0 Å². The van der Waals surface area contributed by atoms with Gasteiger partial charge < -0.3 is 15.0 Å². The van der Waals surface area contributed by atoms with E-state index in [0.717, 1.165) is 49.9 Å². The van der Waals surface area contributed by atoms with Crippen LogP contribution in [0.5, 0.6) is 0 Å². The van der Waals surface area contributed by atoms with E-state index in [-0.39, 0.29) is 30.3 Å². The zero-order valence-electron chi connectivity index (χ0n) is 37.7. The summed E-state index contributed by atoms with van der Waals surface area (Å²) in [6.45, 7) is 0. The second-order valence-corrected chi connectivity index (χ2v) is 19.7. The van der Waals surface area contributed by atoms with E-state index in [4.69, 9.17) is 9.73 Å². The third-order valence-electron chi connectivity index (χ3n) is 16.1. The number of nitrogens with zero attached hydrogens (tertiary/aromatic N) is 2. The number of allylic oxidation sites excluding steroid dienone is 13. The van der Waals surface area contributed by atoms with Crippen molar-refractivity contribution in [3.8, 4) is 11.1 Å². The third kappa shape index (κ3) is 6.97. The maximum absolute atomic E-state index is 7.09. The molecule has 3 heterocycles. The van der Waals surface area contributed by atoms with E-state index in [1.54, 1.807) is 16.8 Å². The third-order valence-corrected chi connectivity index (χ3v) is 16.1. The molecule has 8 unspecified atom stereocenters. The van der Waals surface area contributed by atoms with Gasteiger partial charge in [0.15, 0.2) is 0 Å². The van der Waals surface area contributed by atoms with Gasteiger partial charge in [0.25, 0.3) is 0 Å². The number of amidine groups is 1. The van der Waals surface area contributed by atoms with E-state index in [2.05, 4.69) is 186 Å². The van der Waals surface area contributed by atoms with Crippen LogP contribution in [-0.4, -0.2) is 41.3 Å². The van der Waals surface area contributed by atoms with Crippen LogP contribution in [0.1, 0.15) is 75.3 Å². The predicted octanol–water partition coefficient (Wildman–Crippen LogP) is 12.7. The molecule has 0 saturated heterocycles. The van der Waals surface area contributed by atoms with Gasteiger partial charge in [-0.3, -0.25) is 5.32 Å². The van der Waals surface area contributed by atoms with Gasteiger partial charge in [0.05, 0.1) is 18.2 Å². The Bertz CT molecular complexity index is 2870. The summed E-state index contributed by atoms with van der Waals surface area (Å²) in [6.07, 6.45) is 44.5. The van der Waals surface area contributed by atoms with Crippen molar-refractivity contribution < 1.29 is 4.74 Å². The van der Waals surface area contributed by atoms with Crippen molar-refractivity contribution in [3.05, 3.63) is 232 Å². The predicted molar refractivity (Wildman–Crippen MR) is 269 cm³/mol. The summed E-state index contributed by atoms with van der Waals surface area (Å²) in [6, 6.07) is 31.1. The SMILES string of the molecule is C1=CC2OC3=C(CC(N4C5=C(CCCC5)C5C=CC=CC54)C4=C3C=CCC4)C2C(C2=CC=C(C3N=C(c4ccc(-c5ccccc5)cc4)NC(C4C=CC(c5ccccc5)=CC4)N3)CC2)=C1. The van der Waals surface area contributed by atoms with Crippen LogP contribution in [0.3, 0.4) is 0 Å². The molecular weight excluding hydrogens is 805 g/mol. The van der Waals surface area contributed by atoms with Gasteiger partial charge in [-0.2, -0.15) is 0 Å². The summed E-state index contributed by atoms with van der Waals surface area (Å²) in [5.41, 5.74) is 18.2. The van der Waals surface area contributed by atoms with E-state index in [0.29, 0.717) is 18.0 Å². The van der Waals surface area contributed by atoms with Crippen molar-refractivity contribution in [2.24, 2.45) is 22.7 Å². The van der Waals surface area contributed by atoms with Crippen molar-refractivity contribution in [3.63, 3.8) is 0 Å². The average Bonchev–Trinajstić information content (AvgIpc) is 3.95. The maximum Gasteiger partial charge on any atom is 0.131 e. The first-order valence-electron chi connectivity index (χ1n) is 24.9. The molecular formula is C61H58N4O. The minimum Gasteiger partial charge on any atom is -0.485 e. The summed E-state index contributed by atoms with van der Waals surface area (Å²) in [5, 5.41) is 7.86. The van der Waals surface area contributed by atoms with E-state index in [1.807, 2.05) is 0 Å². The number of nitrogens with one attached hydrogen (secondary N) is 2. The molecule has 0 aromatic heterocycles. The molecule has 8 atom stereocenters. The van der Waals surface area contributed by atoms with Gasteiger partial charge in [0.2, 0.25) is 0 Å². The molecule has 0 fully saturated rings. The molecule has 5 heteroatoms. The number of benzene rings is 3. The smallest absolute Gasteiger partial charge is 0.131 e. The second-order valence-electron chi connectivity index (χ2n) is 19.7. The molecule has 2 N–H and O–H groups in total. The minimum atomic E-state index is -0.127. The van der Waals surface area contributed by atoms with Gasteiger partial charge in [-0.05, 0) is 126 Å². The fourth-order valence-electron chi connectivity index (χ4n) is 12.9. The Morgan fingerprint density at radius 1 is 0.667 bits per heavy atom. The quantitative estimate of drug-likeness (QED) is 0.248. The molecule has 0 spiro atoms. The normalized spacial score (nSPS) is 30.5. The first-order valence-corrected chi connectivity index (χ1v) is 24.9. The fraction of sp³-hybridized carbons (Fsp3) is 0.295. The molecule has 0 radical (unpaired) electrons. The summed E-state index contributed by atoms with van der Waals surface area (Å²) < 4.78 is 7.09. The Hall–Kier alpha value is -6.43. The van der Waals surface area contributed by atoms with Gasteiger partial charge in [0.1, 0.15) is 23.9 Å². The Morgan fingerprint density at radius 3 is 2.29 bits per heavy atom. The molecule has 7 aliphatic carbocycles. The number of ether oxygens (including phenoxy) is 1. The van der Waals surface area contributed by atoms with Crippen LogP contribution in [0.4, 0.5) is 0 Å². The van der Waals surface area contributed by atoms with Gasteiger partial charge >= 0.3 is 0 Å². The van der Waals surface area contributed by atoms with Crippen LogP contribution in [-0.2, 0) is 4.74 Å². The molecule has 3 aromatic carbocycles. The fourth-order valence-corrected chi connectivity index (χ4v) is 12.9. The van der Waals surface area contributed by atoms with E-state index < -0.39 is 0 Å². The lowest BCUT2D eigenvalue weighted by Gasteiger charge is -2.43. The Labute approximate surface area is 390 Å². The first kappa shape index (κ1) is 39.9. The average molecular weight is 863 g/mol. The molecule has 328 valence electrons. The Balaban J connectivity index is 0.802. The van der Waals surface area contributed by atoms with Crippen LogP contribution in [0, 0.1) is 17.8 Å². The van der Waals surface area contributed by atoms with Gasteiger partial charge in [-0.15, -0.1) is 0 Å². The Morgan fingerprint density at radius 2 is 1.47 bits per heavy atom. The van der Waals surface area contributed by atoms with Crippen molar-refractivity contribution in [1.29, 1.82) is 0 Å². The van der Waals surface area contributed by atoms with E-state index >= 15 is 0 Å². The van der Waals surface area contributed by atoms with Crippen LogP contribution < -0.4 is 10.6 Å². The summed E-state index contributed by atoms with van der Waals surface area (Å²) in [4.78, 5) is 8.36. The number of aliphatic imine (C=N–C) groups is 1. The highest BCUT2D eigenvalue weighted by atomic mass is 16.5. The zero-order valence-corrected chi connectivity index (χ0v) is 37.7. The topological polar surface area (TPSA) is 48.9 Å². The van der Waals surface area contributed by atoms with Crippen LogP contribution in [0.2, 0.25) is 0 Å². The molecule has 13 rings (SSSR count). The highest BCUT2D eigenvalue weighted by Crippen LogP contribution is 2.55. The van der Waals surface area contributed by atoms with Crippen LogP contribution >= 0.6 is 0 Å². The Kier molecular flexibility index (Phi) is 10.1. The lowest BCUT2D eigenvalue weighted by Crippen LogP contribution is -2.57. The van der Waals surface area contributed by atoms with Gasteiger partial charge in [-0.25, -0.2) is 4.99 Å². The number of rotatable bonds is 7. The summed E-state index contributed by atoms with van der Waals surface area (Å²) in [7, 11) is 0. The lowest BCUT2D eigenvalue weighted by atomic mass is 9.72. The standard InChI is InChI=1S/C61H58N4O/c1-3-14-39(15-4-1)41-26-32-44(33-27-41)59-62-60(45-34-28-42(29-35-45)40-16-5-2-6-17-40)64-61(63-59)46-36-30-43(31-37-46)47-22-13-25-56-57(47)52-38-55(50-20-7-8-21-51(50)58(52)66-56)65-53-23-11-9-18-48(53)49-19-10-12-24-54(49)65/h1-6,8-9,11,13-18,21-23,25-30,32-34,36,45,48,53,55-57,60-61,64H,7,10,12,19-20,24,31,35,37-38H2,(H,62,63). The number of hydrogen-bond donors (Lipinski definition) is 2. The van der Waals surface area contributed by atoms with Crippen LogP contribution in [0.25, 0.3) is 16.7 Å². The monoisotopic (exact) mass is 862 g/mol. The number of hydrogen-bond acceptors (Lipinski definition) is 5. The van der Waals surface area contributed by atoms with Crippen molar-refractivity contribution in [2.75, 3.05) is 0 Å². The van der Waals surface area contributed by atoms with Crippen molar-refractivity contribution in [1.82, 2.24) is 15.5 Å². The van der Waals surface area contributed by atoms with Gasteiger partial charge in [0, 0.05) is 34.6 Å². The lowest BCUT2D eigenvalue weighted by molar-refractivity contribution is 0.167. The highest BCUT2D eigenvalue weighted by Gasteiger charge is 2.50. The molecule has 3 aliphatic heterocycles. The first-order chi connectivity index (χ1) is 32.7.